The van der Waals surface area contributed by atoms with Gasteiger partial charge in [-0.3, -0.25) is 4.79 Å². The van der Waals surface area contributed by atoms with Crippen molar-refractivity contribution < 1.29 is 23.8 Å². The van der Waals surface area contributed by atoms with Crippen LogP contribution in [0, 0.1) is 5.92 Å². The van der Waals surface area contributed by atoms with Crippen LogP contribution in [0.5, 0.6) is 11.5 Å². The number of anilines is 1. The Hall–Kier alpha value is -3.84. The van der Waals surface area contributed by atoms with E-state index in [9.17, 15) is 9.59 Å². The summed E-state index contributed by atoms with van der Waals surface area (Å²) in [6.45, 7) is 7.23. The third-order valence-electron chi connectivity index (χ3n) is 5.45. The first-order chi connectivity index (χ1) is 17.9. The molecule has 0 aliphatic rings. The van der Waals surface area contributed by atoms with E-state index in [0.717, 1.165) is 23.3 Å². The minimum Gasteiger partial charge on any atom is -0.491 e. The van der Waals surface area contributed by atoms with Crippen LogP contribution in [-0.2, 0) is 22.6 Å². The molecule has 0 heterocycles. The zero-order chi connectivity index (χ0) is 26.6. The minimum atomic E-state index is -0.775. The van der Waals surface area contributed by atoms with Crippen molar-refractivity contribution >= 4 is 17.6 Å². The van der Waals surface area contributed by atoms with Gasteiger partial charge in [-0.05, 0) is 60.2 Å². The third kappa shape index (κ3) is 8.95. The Kier molecular flexibility index (Phi) is 10.5. The number of amides is 1. The maximum Gasteiger partial charge on any atom is 0.338 e. The molecule has 0 fully saturated rings. The van der Waals surface area contributed by atoms with Crippen molar-refractivity contribution in [3.8, 4) is 11.5 Å². The second-order valence-electron chi connectivity index (χ2n) is 9.27. The molecule has 196 valence electrons. The summed E-state index contributed by atoms with van der Waals surface area (Å²) in [6, 6.07) is 21.6. The van der Waals surface area contributed by atoms with E-state index in [0.29, 0.717) is 43.2 Å². The molecule has 0 aliphatic heterocycles. The number of carbonyl (C=O) groups excluding carboxylic acids is 2. The second-order valence-corrected chi connectivity index (χ2v) is 9.27. The van der Waals surface area contributed by atoms with Gasteiger partial charge in [-0.2, -0.15) is 0 Å². The number of benzene rings is 3. The SMILES string of the molecule is CCCOC(=O)c1ccc(NC(=O)[C@H](N)Cc2ccc(OCc3ccccc3)cc2)c(OCC(C)C)c1. The molecule has 0 saturated heterocycles. The first kappa shape index (κ1) is 27.7. The topological polar surface area (TPSA) is 99.9 Å². The van der Waals surface area contributed by atoms with E-state index in [1.165, 1.54) is 0 Å². The summed E-state index contributed by atoms with van der Waals surface area (Å²) < 4.78 is 16.9. The lowest BCUT2D eigenvalue weighted by Crippen LogP contribution is -2.37. The molecular formula is C30H36N2O5. The van der Waals surface area contributed by atoms with Gasteiger partial charge in [0.15, 0.2) is 0 Å². The molecule has 1 amide bonds. The van der Waals surface area contributed by atoms with E-state index >= 15 is 0 Å². The fourth-order valence-corrected chi connectivity index (χ4v) is 3.44. The highest BCUT2D eigenvalue weighted by atomic mass is 16.5. The van der Waals surface area contributed by atoms with Crippen LogP contribution < -0.4 is 20.5 Å². The molecule has 3 aromatic carbocycles. The molecule has 7 heteroatoms. The largest absolute Gasteiger partial charge is 0.491 e. The van der Waals surface area contributed by atoms with Crippen molar-refractivity contribution in [1.82, 2.24) is 0 Å². The average Bonchev–Trinajstić information content (AvgIpc) is 2.91. The maximum atomic E-state index is 12.9. The number of carbonyl (C=O) groups is 2. The smallest absolute Gasteiger partial charge is 0.338 e. The fraction of sp³-hybridized carbons (Fsp3) is 0.333. The molecule has 1 atom stereocenters. The van der Waals surface area contributed by atoms with Gasteiger partial charge in [0.05, 0.1) is 30.5 Å². The predicted octanol–water partition coefficient (Wildman–Crippen LogP) is 5.38. The number of rotatable bonds is 13. The minimum absolute atomic E-state index is 0.265. The molecule has 0 spiro atoms. The van der Waals surface area contributed by atoms with Crippen LogP contribution in [0.3, 0.4) is 0 Å². The van der Waals surface area contributed by atoms with Crippen molar-refractivity contribution in [3.63, 3.8) is 0 Å². The zero-order valence-corrected chi connectivity index (χ0v) is 21.7. The van der Waals surface area contributed by atoms with Gasteiger partial charge >= 0.3 is 5.97 Å². The van der Waals surface area contributed by atoms with Crippen molar-refractivity contribution in [2.45, 2.75) is 46.3 Å². The van der Waals surface area contributed by atoms with Crippen molar-refractivity contribution in [2.24, 2.45) is 11.7 Å². The van der Waals surface area contributed by atoms with Gasteiger partial charge in [0.25, 0.3) is 0 Å². The Balaban J connectivity index is 1.61. The summed E-state index contributed by atoms with van der Waals surface area (Å²) in [7, 11) is 0. The summed E-state index contributed by atoms with van der Waals surface area (Å²) in [4.78, 5) is 25.2. The molecule has 0 aromatic heterocycles. The molecule has 7 nitrogen and oxygen atoms in total. The molecule has 3 aromatic rings. The normalized spacial score (nSPS) is 11.6. The molecule has 37 heavy (non-hydrogen) atoms. The number of nitrogens with one attached hydrogen (secondary N) is 1. The Morgan fingerprint density at radius 3 is 2.32 bits per heavy atom. The van der Waals surface area contributed by atoms with Gasteiger partial charge in [0.1, 0.15) is 18.1 Å². The van der Waals surface area contributed by atoms with E-state index < -0.39 is 12.0 Å². The van der Waals surface area contributed by atoms with Gasteiger partial charge in [0, 0.05) is 0 Å². The molecule has 0 saturated carbocycles. The number of nitrogens with two attached hydrogens (primary N) is 1. The highest BCUT2D eigenvalue weighted by Crippen LogP contribution is 2.27. The van der Waals surface area contributed by atoms with Gasteiger partial charge in [-0.15, -0.1) is 0 Å². The van der Waals surface area contributed by atoms with E-state index in [1.807, 2.05) is 75.4 Å². The van der Waals surface area contributed by atoms with Gasteiger partial charge in [-0.1, -0.05) is 63.2 Å². The van der Waals surface area contributed by atoms with Crippen molar-refractivity contribution in [3.05, 3.63) is 89.5 Å². The summed E-state index contributed by atoms with van der Waals surface area (Å²) in [5.74, 6) is 0.638. The highest BCUT2D eigenvalue weighted by Gasteiger charge is 2.18. The monoisotopic (exact) mass is 504 g/mol. The standard InChI is InChI=1S/C30H36N2O5/c1-4-16-35-30(34)24-12-15-27(28(18-24)37-19-21(2)3)32-29(33)26(31)17-22-10-13-25(14-11-22)36-20-23-8-6-5-7-9-23/h5-15,18,21,26H,4,16-17,19-20,31H2,1-3H3,(H,32,33)/t26-/m1/s1. The van der Waals surface area contributed by atoms with Crippen LogP contribution in [0.25, 0.3) is 0 Å². The fourth-order valence-electron chi connectivity index (χ4n) is 3.44. The van der Waals surface area contributed by atoms with Crippen molar-refractivity contribution in [1.29, 1.82) is 0 Å². The Bertz CT molecular complexity index is 1150. The van der Waals surface area contributed by atoms with Crippen LogP contribution in [-0.4, -0.2) is 31.1 Å². The van der Waals surface area contributed by atoms with Gasteiger partial charge < -0.3 is 25.3 Å². The molecule has 0 radical (unpaired) electrons. The Morgan fingerprint density at radius 2 is 1.65 bits per heavy atom. The lowest BCUT2D eigenvalue weighted by molar-refractivity contribution is -0.117. The zero-order valence-electron chi connectivity index (χ0n) is 21.7. The van der Waals surface area contributed by atoms with Crippen LogP contribution in [0.4, 0.5) is 5.69 Å². The van der Waals surface area contributed by atoms with Crippen LogP contribution in [0.15, 0.2) is 72.8 Å². The van der Waals surface area contributed by atoms with Crippen molar-refractivity contribution in [2.75, 3.05) is 18.5 Å². The third-order valence-corrected chi connectivity index (χ3v) is 5.45. The molecule has 0 unspecified atom stereocenters. The predicted molar refractivity (Wildman–Crippen MR) is 145 cm³/mol. The number of ether oxygens (including phenoxy) is 3. The van der Waals surface area contributed by atoms with Gasteiger partial charge in [0.2, 0.25) is 5.91 Å². The van der Waals surface area contributed by atoms with Crippen LogP contribution >= 0.6 is 0 Å². The lowest BCUT2D eigenvalue weighted by Gasteiger charge is -2.17. The summed E-state index contributed by atoms with van der Waals surface area (Å²) >= 11 is 0. The highest BCUT2D eigenvalue weighted by molar-refractivity contribution is 5.97. The average molecular weight is 505 g/mol. The molecule has 0 bridgehead atoms. The molecule has 0 aliphatic carbocycles. The van der Waals surface area contributed by atoms with Crippen LogP contribution in [0.2, 0.25) is 0 Å². The summed E-state index contributed by atoms with van der Waals surface area (Å²) in [5.41, 5.74) is 9.05. The first-order valence-corrected chi connectivity index (χ1v) is 12.6. The number of hydrogen-bond donors (Lipinski definition) is 2. The van der Waals surface area contributed by atoms with Crippen LogP contribution in [0.1, 0.15) is 48.7 Å². The Labute approximate surface area is 218 Å². The van der Waals surface area contributed by atoms with E-state index in [-0.39, 0.29) is 11.8 Å². The first-order valence-electron chi connectivity index (χ1n) is 12.6. The molecular weight excluding hydrogens is 468 g/mol. The maximum absolute atomic E-state index is 12.9. The van der Waals surface area contributed by atoms with E-state index in [2.05, 4.69) is 5.32 Å². The van der Waals surface area contributed by atoms with Gasteiger partial charge in [-0.25, -0.2) is 4.79 Å². The number of esters is 1. The second kappa shape index (κ2) is 14.0. The lowest BCUT2D eigenvalue weighted by atomic mass is 10.1. The molecule has 3 N–H and O–H groups in total. The quantitative estimate of drug-likeness (QED) is 0.303. The number of hydrogen-bond acceptors (Lipinski definition) is 6. The molecule has 3 rings (SSSR count). The van der Waals surface area contributed by atoms with E-state index in [1.54, 1.807) is 18.2 Å². The van der Waals surface area contributed by atoms with E-state index in [4.69, 9.17) is 19.9 Å². The summed E-state index contributed by atoms with van der Waals surface area (Å²) in [5, 5.41) is 2.85. The Morgan fingerprint density at radius 1 is 0.919 bits per heavy atom. The summed E-state index contributed by atoms with van der Waals surface area (Å²) in [6.07, 6.45) is 1.09.